The number of hydrogen-bond acceptors (Lipinski definition) is 6. The minimum absolute atomic E-state index is 0.0324. The van der Waals surface area contributed by atoms with Crippen molar-refractivity contribution in [1.29, 1.82) is 0 Å². The third-order valence-electron chi connectivity index (χ3n) is 5.69. The van der Waals surface area contributed by atoms with Gasteiger partial charge in [0.15, 0.2) is 0 Å². The molecule has 0 bridgehead atoms. The number of ether oxygens (including phenoxy) is 2. The molecule has 15 heteroatoms. The van der Waals surface area contributed by atoms with Gasteiger partial charge in [-0.25, -0.2) is 9.59 Å². The van der Waals surface area contributed by atoms with Crippen LogP contribution in [0.4, 0.5) is 26.3 Å². The van der Waals surface area contributed by atoms with E-state index in [0.717, 1.165) is 55.5 Å². The molecule has 2 N–H and O–H groups in total. The molecule has 1 aromatic carbocycles. The zero-order valence-corrected chi connectivity index (χ0v) is 21.9. The average Bonchev–Trinajstić information content (AvgIpc) is 2.83. The molecule has 1 atom stereocenters. The number of carboxylic acid groups (broad SMARTS) is 2. The summed E-state index contributed by atoms with van der Waals surface area (Å²) in [6, 6.07) is 14.2. The second kappa shape index (κ2) is 14.1. The van der Waals surface area contributed by atoms with Crippen LogP contribution in [0.15, 0.2) is 42.5 Å². The highest BCUT2D eigenvalue weighted by Gasteiger charge is 2.47. The highest BCUT2D eigenvalue weighted by atomic mass is 35.5. The van der Waals surface area contributed by atoms with E-state index in [0.29, 0.717) is 6.61 Å². The Kier molecular flexibility index (Phi) is 11.7. The van der Waals surface area contributed by atoms with Crippen LogP contribution in [0, 0.1) is 6.92 Å². The number of nitrogens with zero attached hydrogens (tertiary/aromatic N) is 2. The number of benzene rings is 1. The molecule has 1 unspecified atom stereocenters. The van der Waals surface area contributed by atoms with Gasteiger partial charge in [-0.05, 0) is 43.2 Å². The van der Waals surface area contributed by atoms with Gasteiger partial charge in [0.05, 0.1) is 24.0 Å². The number of rotatable bonds is 5. The van der Waals surface area contributed by atoms with Gasteiger partial charge in [0.2, 0.25) is 0 Å². The van der Waals surface area contributed by atoms with Crippen LogP contribution in [0.3, 0.4) is 0 Å². The molecule has 0 aliphatic carbocycles. The Morgan fingerprint density at radius 1 is 1.05 bits per heavy atom. The quantitative estimate of drug-likeness (QED) is 0.448. The van der Waals surface area contributed by atoms with Crippen molar-refractivity contribution in [3.8, 4) is 0 Å². The Morgan fingerprint density at radius 3 is 2.10 bits per heavy atom. The largest absolute Gasteiger partial charge is 0.490 e. The van der Waals surface area contributed by atoms with Crippen LogP contribution >= 0.6 is 11.6 Å². The molecule has 1 aromatic heterocycles. The zero-order chi connectivity index (χ0) is 30.1. The molecule has 3 heterocycles. The lowest BCUT2D eigenvalue weighted by molar-refractivity contribution is -0.200. The Hall–Kier alpha value is -2.94. The van der Waals surface area contributed by atoms with Gasteiger partial charge in [-0.2, -0.15) is 26.3 Å². The fourth-order valence-corrected chi connectivity index (χ4v) is 4.08. The lowest BCUT2D eigenvalue weighted by atomic mass is 9.84. The average molecular weight is 601 g/mol. The van der Waals surface area contributed by atoms with Gasteiger partial charge in [-0.3, -0.25) is 9.88 Å². The van der Waals surface area contributed by atoms with E-state index >= 15 is 0 Å². The first-order chi connectivity index (χ1) is 18.5. The number of carbonyl (C=O) groups is 2. The molecule has 40 heavy (non-hydrogen) atoms. The number of carboxylic acids is 2. The first-order valence-electron chi connectivity index (χ1n) is 11.7. The van der Waals surface area contributed by atoms with Crippen LogP contribution in [0.5, 0.6) is 0 Å². The van der Waals surface area contributed by atoms with Crippen LogP contribution in [-0.2, 0) is 32.2 Å². The SMILES string of the molecule is Cc1cccc(COC2CCOC3(C2)CN(Cc2ccc(Cl)cc2)C3)n1.O=C(O)C(F)(F)F.O=C(O)C(F)(F)F. The van der Waals surface area contributed by atoms with Crippen molar-refractivity contribution >= 4 is 23.5 Å². The highest BCUT2D eigenvalue weighted by Crippen LogP contribution is 2.36. The third-order valence-corrected chi connectivity index (χ3v) is 5.94. The highest BCUT2D eigenvalue weighted by molar-refractivity contribution is 6.30. The van der Waals surface area contributed by atoms with E-state index in [1.807, 2.05) is 37.3 Å². The predicted molar refractivity (Wildman–Crippen MR) is 130 cm³/mol. The summed E-state index contributed by atoms with van der Waals surface area (Å²) in [5, 5.41) is 15.0. The van der Waals surface area contributed by atoms with Crippen LogP contribution in [0.1, 0.15) is 29.8 Å². The van der Waals surface area contributed by atoms with Gasteiger partial charge >= 0.3 is 24.3 Å². The lowest BCUT2D eigenvalue weighted by Crippen LogP contribution is -2.65. The van der Waals surface area contributed by atoms with Crippen LogP contribution < -0.4 is 0 Å². The van der Waals surface area contributed by atoms with Crippen LogP contribution in [-0.4, -0.2) is 75.8 Å². The summed E-state index contributed by atoms with van der Waals surface area (Å²) in [4.78, 5) is 24.7. The molecule has 2 aromatic rings. The summed E-state index contributed by atoms with van der Waals surface area (Å²) in [5.41, 5.74) is 3.29. The van der Waals surface area contributed by atoms with E-state index in [4.69, 9.17) is 40.9 Å². The lowest BCUT2D eigenvalue weighted by Gasteiger charge is -2.53. The summed E-state index contributed by atoms with van der Waals surface area (Å²) in [7, 11) is 0. The van der Waals surface area contributed by atoms with Crippen molar-refractivity contribution in [1.82, 2.24) is 9.88 Å². The fraction of sp³-hybridized carbons (Fsp3) is 0.480. The molecule has 0 saturated carbocycles. The maximum atomic E-state index is 10.6. The number of aromatic nitrogens is 1. The van der Waals surface area contributed by atoms with E-state index in [1.54, 1.807) is 0 Å². The molecule has 0 radical (unpaired) electrons. The van der Waals surface area contributed by atoms with Gasteiger partial charge < -0.3 is 19.7 Å². The van der Waals surface area contributed by atoms with E-state index in [1.165, 1.54) is 5.56 Å². The number of aryl methyl sites for hydroxylation is 1. The van der Waals surface area contributed by atoms with E-state index in [-0.39, 0.29) is 11.7 Å². The van der Waals surface area contributed by atoms with Crippen molar-refractivity contribution in [3.05, 3.63) is 64.4 Å². The Bertz CT molecular complexity index is 1100. The number of aliphatic carboxylic acids is 2. The molecule has 222 valence electrons. The molecule has 1 spiro atoms. The maximum absolute atomic E-state index is 10.6. The van der Waals surface area contributed by atoms with Crippen molar-refractivity contribution < 1.29 is 55.6 Å². The topological polar surface area (TPSA) is 109 Å². The molecule has 2 aliphatic rings. The van der Waals surface area contributed by atoms with Crippen molar-refractivity contribution in [3.63, 3.8) is 0 Å². The number of likely N-dealkylation sites (tertiary alicyclic amines) is 1. The van der Waals surface area contributed by atoms with Crippen LogP contribution in [0.25, 0.3) is 0 Å². The molecule has 2 aliphatic heterocycles. The monoisotopic (exact) mass is 600 g/mol. The minimum Gasteiger partial charge on any atom is -0.475 e. The Balaban J connectivity index is 0.000000333. The van der Waals surface area contributed by atoms with Gasteiger partial charge in [0.25, 0.3) is 0 Å². The first kappa shape index (κ1) is 33.3. The van der Waals surface area contributed by atoms with Gasteiger partial charge in [0, 0.05) is 43.4 Å². The van der Waals surface area contributed by atoms with Gasteiger partial charge in [0.1, 0.15) is 0 Å². The fourth-order valence-electron chi connectivity index (χ4n) is 3.96. The molecule has 4 rings (SSSR count). The maximum Gasteiger partial charge on any atom is 0.490 e. The van der Waals surface area contributed by atoms with Gasteiger partial charge in [-0.1, -0.05) is 29.8 Å². The Labute approximate surface area is 230 Å². The predicted octanol–water partition coefficient (Wildman–Crippen LogP) is 5.26. The third kappa shape index (κ3) is 11.3. The van der Waals surface area contributed by atoms with E-state index in [2.05, 4.69) is 22.0 Å². The van der Waals surface area contributed by atoms with Gasteiger partial charge in [-0.15, -0.1) is 0 Å². The van der Waals surface area contributed by atoms with E-state index in [9.17, 15) is 26.3 Å². The van der Waals surface area contributed by atoms with Crippen molar-refractivity contribution in [2.75, 3.05) is 19.7 Å². The molecular weight excluding hydrogens is 574 g/mol. The van der Waals surface area contributed by atoms with Crippen molar-refractivity contribution in [2.24, 2.45) is 0 Å². The second-order valence-electron chi connectivity index (χ2n) is 9.11. The molecule has 2 saturated heterocycles. The summed E-state index contributed by atoms with van der Waals surface area (Å²) in [6.45, 7) is 6.26. The van der Waals surface area contributed by atoms with Crippen LogP contribution in [0.2, 0.25) is 5.02 Å². The standard InChI is InChI=1S/C21H25ClN2O2.2C2HF3O2/c1-16-3-2-4-19(23-16)13-25-20-9-10-26-21(11-20)14-24(15-21)12-17-5-7-18(22)8-6-17;2*3-2(4,5)1(6)7/h2-8,20H,9-15H2,1H3;2*(H,6,7). The van der Waals surface area contributed by atoms with E-state index < -0.39 is 24.3 Å². The molecule has 2 fully saturated rings. The minimum atomic E-state index is -5.08. The summed E-state index contributed by atoms with van der Waals surface area (Å²) in [5.74, 6) is -5.51. The summed E-state index contributed by atoms with van der Waals surface area (Å²) >= 11 is 5.96. The molecule has 0 amide bonds. The molecular formula is C25H27ClF6N2O6. The first-order valence-corrected chi connectivity index (χ1v) is 12.1. The second-order valence-corrected chi connectivity index (χ2v) is 9.54. The molecule has 8 nitrogen and oxygen atoms in total. The normalized spacial score (nSPS) is 18.4. The number of pyridine rings is 1. The van der Waals surface area contributed by atoms with Crippen molar-refractivity contribution in [2.45, 2.75) is 57.0 Å². The number of alkyl halides is 6. The number of halogens is 7. The summed E-state index contributed by atoms with van der Waals surface area (Å²) < 4.78 is 75.7. The Morgan fingerprint density at radius 2 is 1.60 bits per heavy atom. The summed E-state index contributed by atoms with van der Waals surface area (Å²) in [6.07, 6.45) is -7.98. The smallest absolute Gasteiger partial charge is 0.475 e. The zero-order valence-electron chi connectivity index (χ0n) is 21.1. The number of hydrogen-bond donors (Lipinski definition) is 2.